The fraction of sp³-hybridized carbons (Fsp3) is 0.250. The van der Waals surface area contributed by atoms with Gasteiger partial charge in [0.1, 0.15) is 18.0 Å². The first-order valence-electron chi connectivity index (χ1n) is 13.4. The zero-order valence-corrected chi connectivity index (χ0v) is 24.9. The molecule has 0 aliphatic carbocycles. The molecule has 5 rings (SSSR count). The normalized spacial score (nSPS) is 11.4. The van der Waals surface area contributed by atoms with E-state index in [0.29, 0.717) is 41.0 Å². The van der Waals surface area contributed by atoms with Crippen LogP contribution in [0.15, 0.2) is 73.1 Å². The number of hydrogen-bond donors (Lipinski definition) is 1. The first kappa shape index (κ1) is 28.6. The summed E-state index contributed by atoms with van der Waals surface area (Å²) < 4.78 is 10.1. The van der Waals surface area contributed by atoms with Gasteiger partial charge in [0.15, 0.2) is 0 Å². The van der Waals surface area contributed by atoms with Crippen molar-refractivity contribution in [2.75, 3.05) is 18.5 Å². The average molecular weight is 592 g/mol. The van der Waals surface area contributed by atoms with Crippen molar-refractivity contribution < 1.29 is 14.6 Å². The van der Waals surface area contributed by atoms with Crippen molar-refractivity contribution >= 4 is 45.8 Å². The maximum absolute atomic E-state index is 11.7. The van der Waals surface area contributed by atoms with Crippen LogP contribution >= 0.6 is 23.2 Å². The van der Waals surface area contributed by atoms with Crippen molar-refractivity contribution in [2.24, 2.45) is 0 Å². The lowest BCUT2D eigenvalue weighted by molar-refractivity contribution is 0.0698. The minimum atomic E-state index is -0.922. The quantitative estimate of drug-likeness (QED) is 0.178. The van der Waals surface area contributed by atoms with Crippen molar-refractivity contribution in [3.63, 3.8) is 0 Å². The number of halogens is 2. The van der Waals surface area contributed by atoms with Gasteiger partial charge in [-0.25, -0.2) is 9.48 Å². The molecule has 3 aromatic carbocycles. The number of likely N-dealkylation sites (N-methyl/N-ethyl adjacent to an activating group) is 1. The molecule has 0 bridgehead atoms. The molecule has 0 unspecified atom stereocenters. The fourth-order valence-corrected chi connectivity index (χ4v) is 5.75. The first-order valence-corrected chi connectivity index (χ1v) is 14.2. The van der Waals surface area contributed by atoms with E-state index < -0.39 is 5.97 Å². The molecule has 0 aliphatic rings. The molecule has 0 saturated carbocycles. The number of benzene rings is 3. The molecule has 0 radical (unpaired) electrons. The van der Waals surface area contributed by atoms with Crippen LogP contribution in [0.2, 0.25) is 10.0 Å². The Morgan fingerprint density at radius 3 is 2.49 bits per heavy atom. The molecule has 5 aromatic rings. The summed E-state index contributed by atoms with van der Waals surface area (Å²) in [5.74, 6) is 0.0640. The highest BCUT2D eigenvalue weighted by Crippen LogP contribution is 2.32. The molecule has 0 aliphatic heterocycles. The van der Waals surface area contributed by atoms with Crippen LogP contribution in [0, 0.1) is 6.92 Å². The number of hydrogen-bond acceptors (Lipinski definition) is 4. The van der Waals surface area contributed by atoms with Crippen LogP contribution in [0.4, 0.5) is 5.69 Å². The Bertz CT molecular complexity index is 1700. The third kappa shape index (κ3) is 5.78. The molecule has 0 fully saturated rings. The second-order valence-corrected chi connectivity index (χ2v) is 11.2. The fourth-order valence-electron chi connectivity index (χ4n) is 5.19. The second-order valence-electron chi connectivity index (χ2n) is 10.4. The number of aromatic nitrogens is 3. The van der Waals surface area contributed by atoms with Crippen LogP contribution in [0.3, 0.4) is 0 Å². The van der Waals surface area contributed by atoms with E-state index in [0.717, 1.165) is 39.2 Å². The number of nitrogens with zero attached hydrogens (tertiary/aromatic N) is 4. The van der Waals surface area contributed by atoms with Crippen molar-refractivity contribution in [1.82, 2.24) is 14.3 Å². The van der Waals surface area contributed by atoms with Crippen molar-refractivity contribution in [3.8, 4) is 11.4 Å². The number of aryl methyl sites for hydroxylation is 1. The molecule has 9 heteroatoms. The summed E-state index contributed by atoms with van der Waals surface area (Å²) in [6.45, 7) is 7.94. The van der Waals surface area contributed by atoms with Gasteiger partial charge in [-0.1, -0.05) is 55.2 Å². The lowest BCUT2D eigenvalue weighted by atomic mass is 10.0. The number of carbonyl (C=O) groups is 1. The first-order chi connectivity index (χ1) is 19.7. The average Bonchev–Trinajstić information content (AvgIpc) is 3.55. The maximum atomic E-state index is 11.7. The third-order valence-electron chi connectivity index (χ3n) is 7.32. The summed E-state index contributed by atoms with van der Waals surface area (Å²) in [5, 5.41) is 16.2. The van der Waals surface area contributed by atoms with Crippen LogP contribution in [0.25, 0.3) is 16.6 Å². The van der Waals surface area contributed by atoms with Gasteiger partial charge < -0.3 is 19.3 Å². The summed E-state index contributed by atoms with van der Waals surface area (Å²) in [5.41, 5.74) is 5.80. The highest BCUT2D eigenvalue weighted by atomic mass is 35.5. The molecule has 0 spiro atoms. The van der Waals surface area contributed by atoms with Crippen LogP contribution < -0.4 is 9.64 Å². The molecule has 7 nitrogen and oxygen atoms in total. The van der Waals surface area contributed by atoms with Crippen molar-refractivity contribution in [2.45, 2.75) is 39.8 Å². The van der Waals surface area contributed by atoms with Crippen molar-refractivity contribution in [3.05, 3.63) is 105 Å². The van der Waals surface area contributed by atoms with E-state index in [1.165, 1.54) is 0 Å². The smallest absolute Gasteiger partial charge is 0.337 e. The molecule has 2 heterocycles. The number of para-hydroxylation sites is 2. The summed E-state index contributed by atoms with van der Waals surface area (Å²) in [7, 11) is 2.04. The second kappa shape index (κ2) is 11.9. The summed E-state index contributed by atoms with van der Waals surface area (Å²) in [6, 6.07) is 18.8. The number of anilines is 1. The predicted molar refractivity (Wildman–Crippen MR) is 165 cm³/mol. The third-order valence-corrected chi connectivity index (χ3v) is 7.93. The highest BCUT2D eigenvalue weighted by molar-refractivity contribution is 6.37. The van der Waals surface area contributed by atoms with Gasteiger partial charge in [0.05, 0.1) is 33.0 Å². The number of carboxylic acids is 1. The highest BCUT2D eigenvalue weighted by Gasteiger charge is 2.20. The lowest BCUT2D eigenvalue weighted by Gasteiger charge is -2.23. The van der Waals surface area contributed by atoms with Crippen LogP contribution in [0.1, 0.15) is 46.9 Å². The zero-order chi connectivity index (χ0) is 29.3. The van der Waals surface area contributed by atoms with Gasteiger partial charge in [0.25, 0.3) is 0 Å². The number of rotatable bonds is 10. The van der Waals surface area contributed by atoms with Gasteiger partial charge in [-0.3, -0.25) is 0 Å². The maximum Gasteiger partial charge on any atom is 0.337 e. The molecule has 0 atom stereocenters. The number of carboxylic acid groups (broad SMARTS) is 1. The zero-order valence-electron chi connectivity index (χ0n) is 23.4. The standard InChI is InChI=1S/C32H32Cl2N4O3/c1-20(2)25-18-35-38(31-26(33)9-6-10-27(31)34)29(25)19-41-23-11-12-28(21(3)17-23)36(4)15-16-37-14-13-22-7-5-8-24(30(22)37)32(39)40/h5-14,17-18,20H,15-16,19H2,1-4H3,(H,39,40). The van der Waals surface area contributed by atoms with E-state index >= 15 is 0 Å². The van der Waals surface area contributed by atoms with E-state index in [4.69, 9.17) is 27.9 Å². The van der Waals surface area contributed by atoms with Crippen LogP contribution in [0.5, 0.6) is 5.75 Å². The summed E-state index contributed by atoms with van der Waals surface area (Å²) >= 11 is 13.0. The number of aromatic carboxylic acids is 1. The Kier molecular flexibility index (Phi) is 8.29. The lowest BCUT2D eigenvalue weighted by Crippen LogP contribution is -2.23. The molecule has 0 saturated heterocycles. The van der Waals surface area contributed by atoms with Crippen molar-refractivity contribution in [1.29, 1.82) is 0 Å². The Labute approximate surface area is 249 Å². The van der Waals surface area contributed by atoms with E-state index in [9.17, 15) is 9.90 Å². The SMILES string of the molecule is Cc1cc(OCc2c(C(C)C)cnn2-c2c(Cl)cccc2Cl)ccc1N(C)CCn1ccc2cccc(C(=O)O)c21. The minimum absolute atomic E-state index is 0.241. The molecule has 0 amide bonds. The molecule has 1 N–H and O–H groups in total. The molecular formula is C32H32Cl2N4O3. The van der Waals surface area contributed by atoms with Gasteiger partial charge in [-0.05, 0) is 66.4 Å². The largest absolute Gasteiger partial charge is 0.487 e. The Morgan fingerprint density at radius 2 is 1.80 bits per heavy atom. The van der Waals surface area contributed by atoms with Gasteiger partial charge in [-0.15, -0.1) is 0 Å². The number of ether oxygens (including phenoxy) is 1. The minimum Gasteiger partial charge on any atom is -0.487 e. The predicted octanol–water partition coefficient (Wildman–Crippen LogP) is 7.98. The topological polar surface area (TPSA) is 72.5 Å². The van der Waals surface area contributed by atoms with E-state index in [1.807, 2.05) is 60.4 Å². The van der Waals surface area contributed by atoms with E-state index in [2.05, 4.69) is 30.8 Å². The summed E-state index contributed by atoms with van der Waals surface area (Å²) in [6.07, 6.45) is 3.79. The molecular weight excluding hydrogens is 559 g/mol. The van der Waals surface area contributed by atoms with Crippen LogP contribution in [-0.2, 0) is 13.2 Å². The summed E-state index contributed by atoms with van der Waals surface area (Å²) in [4.78, 5) is 13.9. The number of fused-ring (bicyclic) bond motifs is 1. The Hall–Kier alpha value is -3.94. The van der Waals surface area contributed by atoms with Gasteiger partial charge in [0, 0.05) is 37.4 Å². The Morgan fingerprint density at radius 1 is 1.07 bits per heavy atom. The molecule has 212 valence electrons. The van der Waals surface area contributed by atoms with E-state index in [1.54, 1.807) is 28.9 Å². The van der Waals surface area contributed by atoms with Gasteiger partial charge in [0.2, 0.25) is 0 Å². The molecule has 41 heavy (non-hydrogen) atoms. The van der Waals surface area contributed by atoms with Gasteiger partial charge >= 0.3 is 5.97 Å². The Balaban J connectivity index is 1.32. The van der Waals surface area contributed by atoms with E-state index in [-0.39, 0.29) is 5.92 Å². The molecule has 2 aromatic heterocycles. The van der Waals surface area contributed by atoms with Gasteiger partial charge in [-0.2, -0.15) is 5.10 Å². The monoisotopic (exact) mass is 590 g/mol. The van der Waals surface area contributed by atoms with Crippen LogP contribution in [-0.4, -0.2) is 39.0 Å².